The second-order valence-electron chi connectivity index (χ2n) is 7.22. The number of nitrogens with zero attached hydrogens (tertiary/aromatic N) is 1. The third-order valence-corrected chi connectivity index (χ3v) is 4.97. The molecule has 1 heterocycles. The number of carbonyl (C=O) groups is 2. The van der Waals surface area contributed by atoms with Crippen molar-refractivity contribution in [3.8, 4) is 11.5 Å². The molecule has 32 heavy (non-hydrogen) atoms. The summed E-state index contributed by atoms with van der Waals surface area (Å²) in [6.07, 6.45) is 3.18. The molecule has 1 aromatic heterocycles. The smallest absolute Gasteiger partial charge is 0.342 e. The van der Waals surface area contributed by atoms with Crippen LogP contribution in [0.25, 0.3) is 10.8 Å². The second kappa shape index (κ2) is 9.75. The number of pyridine rings is 1. The highest BCUT2D eigenvalue weighted by molar-refractivity contribution is 5.94. The van der Waals surface area contributed by atoms with E-state index in [-0.39, 0.29) is 17.5 Å². The molecule has 1 unspecified atom stereocenters. The van der Waals surface area contributed by atoms with Crippen LogP contribution in [0.5, 0.6) is 11.5 Å². The van der Waals surface area contributed by atoms with Crippen LogP contribution >= 0.6 is 0 Å². The van der Waals surface area contributed by atoms with Gasteiger partial charge in [-0.1, -0.05) is 54.6 Å². The van der Waals surface area contributed by atoms with Crippen molar-refractivity contribution < 1.29 is 19.1 Å². The summed E-state index contributed by atoms with van der Waals surface area (Å²) in [5.41, 5.74) is 1.23. The van der Waals surface area contributed by atoms with E-state index in [1.54, 1.807) is 48.8 Å². The zero-order valence-electron chi connectivity index (χ0n) is 17.5. The maximum Gasteiger partial charge on any atom is 0.342 e. The van der Waals surface area contributed by atoms with Gasteiger partial charge >= 0.3 is 5.97 Å². The summed E-state index contributed by atoms with van der Waals surface area (Å²) < 4.78 is 11.0. The van der Waals surface area contributed by atoms with Gasteiger partial charge < -0.3 is 14.8 Å². The molecule has 0 saturated carbocycles. The van der Waals surface area contributed by atoms with Crippen molar-refractivity contribution in [3.05, 3.63) is 102 Å². The first-order chi connectivity index (χ1) is 15.6. The van der Waals surface area contributed by atoms with Crippen molar-refractivity contribution in [1.29, 1.82) is 0 Å². The maximum atomic E-state index is 12.6. The Balaban J connectivity index is 1.39. The topological polar surface area (TPSA) is 77.5 Å². The minimum atomic E-state index is -0.641. The molecule has 0 aliphatic rings. The van der Waals surface area contributed by atoms with E-state index in [1.807, 2.05) is 49.4 Å². The van der Waals surface area contributed by atoms with Crippen LogP contribution in [0, 0.1) is 0 Å². The molecule has 6 heteroatoms. The average Bonchev–Trinajstić information content (AvgIpc) is 2.83. The molecule has 1 amide bonds. The number of aromatic nitrogens is 1. The highest BCUT2D eigenvalue weighted by Crippen LogP contribution is 2.26. The monoisotopic (exact) mass is 426 g/mol. The van der Waals surface area contributed by atoms with Crippen molar-refractivity contribution in [3.63, 3.8) is 0 Å². The van der Waals surface area contributed by atoms with E-state index in [0.29, 0.717) is 11.5 Å². The largest absolute Gasteiger partial charge is 0.455 e. The Morgan fingerprint density at radius 3 is 2.56 bits per heavy atom. The van der Waals surface area contributed by atoms with Crippen LogP contribution in [-0.4, -0.2) is 23.5 Å². The van der Waals surface area contributed by atoms with Crippen LogP contribution < -0.4 is 10.1 Å². The van der Waals surface area contributed by atoms with E-state index >= 15 is 0 Å². The number of esters is 1. The predicted octanol–water partition coefficient (Wildman–Crippen LogP) is 5.06. The first-order valence-corrected chi connectivity index (χ1v) is 10.2. The molecule has 3 aromatic carbocycles. The summed E-state index contributed by atoms with van der Waals surface area (Å²) in [7, 11) is 0. The zero-order valence-corrected chi connectivity index (χ0v) is 17.5. The van der Waals surface area contributed by atoms with Gasteiger partial charge in [-0.3, -0.25) is 9.78 Å². The van der Waals surface area contributed by atoms with Gasteiger partial charge in [0.15, 0.2) is 6.61 Å². The van der Waals surface area contributed by atoms with E-state index in [1.165, 1.54) is 0 Å². The van der Waals surface area contributed by atoms with Gasteiger partial charge in [-0.25, -0.2) is 4.79 Å². The standard InChI is InChI=1S/C26H22N2O4/c1-18(21-13-6-9-19-8-2-3-11-22(19)21)28-25(29)17-31-26(30)23-12-4-5-14-24(23)32-20-10-7-15-27-16-20/h2-16,18H,17H2,1H3,(H,28,29). The van der Waals surface area contributed by atoms with Gasteiger partial charge in [0.25, 0.3) is 5.91 Å². The Morgan fingerprint density at radius 2 is 1.72 bits per heavy atom. The number of para-hydroxylation sites is 1. The van der Waals surface area contributed by atoms with Gasteiger partial charge in [0, 0.05) is 6.20 Å². The number of ether oxygens (including phenoxy) is 2. The summed E-state index contributed by atoms with van der Waals surface area (Å²) in [4.78, 5) is 29.0. The molecule has 0 fully saturated rings. The molecule has 160 valence electrons. The molecule has 0 spiro atoms. The lowest BCUT2D eigenvalue weighted by molar-refractivity contribution is -0.124. The predicted molar refractivity (Wildman–Crippen MR) is 122 cm³/mol. The Kier molecular flexibility index (Phi) is 6.41. The number of fused-ring (bicyclic) bond motifs is 1. The van der Waals surface area contributed by atoms with Crippen LogP contribution in [0.3, 0.4) is 0 Å². The van der Waals surface area contributed by atoms with Gasteiger partial charge in [-0.15, -0.1) is 0 Å². The highest BCUT2D eigenvalue weighted by Gasteiger charge is 2.17. The molecule has 6 nitrogen and oxygen atoms in total. The number of nitrogens with one attached hydrogen (secondary N) is 1. The maximum absolute atomic E-state index is 12.6. The Bertz CT molecular complexity index is 1240. The Labute approximate surface area is 185 Å². The highest BCUT2D eigenvalue weighted by atomic mass is 16.5. The fraction of sp³-hybridized carbons (Fsp3) is 0.115. The lowest BCUT2D eigenvalue weighted by Crippen LogP contribution is -2.31. The third-order valence-electron chi connectivity index (χ3n) is 4.97. The van der Waals surface area contributed by atoms with Crippen LogP contribution in [0.1, 0.15) is 28.9 Å². The van der Waals surface area contributed by atoms with Crippen molar-refractivity contribution >= 4 is 22.6 Å². The zero-order chi connectivity index (χ0) is 22.3. The quantitative estimate of drug-likeness (QED) is 0.418. The van der Waals surface area contributed by atoms with Crippen LogP contribution in [0.15, 0.2) is 91.3 Å². The van der Waals surface area contributed by atoms with Gasteiger partial charge in [0.1, 0.15) is 17.1 Å². The third kappa shape index (κ3) is 4.92. The van der Waals surface area contributed by atoms with Gasteiger partial charge in [-0.2, -0.15) is 0 Å². The molecular weight excluding hydrogens is 404 g/mol. The fourth-order valence-electron chi connectivity index (χ4n) is 3.46. The summed E-state index contributed by atoms with van der Waals surface area (Å²) in [6.45, 7) is 1.51. The lowest BCUT2D eigenvalue weighted by Gasteiger charge is -2.17. The average molecular weight is 426 g/mol. The minimum absolute atomic E-state index is 0.228. The number of rotatable bonds is 7. The number of hydrogen-bond acceptors (Lipinski definition) is 5. The number of hydrogen-bond donors (Lipinski definition) is 1. The van der Waals surface area contributed by atoms with Gasteiger partial charge in [-0.05, 0) is 47.5 Å². The molecule has 0 saturated heterocycles. The van der Waals surface area contributed by atoms with E-state index in [4.69, 9.17) is 9.47 Å². The van der Waals surface area contributed by atoms with E-state index in [9.17, 15) is 9.59 Å². The fourth-order valence-corrected chi connectivity index (χ4v) is 3.46. The molecular formula is C26H22N2O4. The minimum Gasteiger partial charge on any atom is -0.455 e. The molecule has 0 bridgehead atoms. The van der Waals surface area contributed by atoms with Gasteiger partial charge in [0.05, 0.1) is 12.2 Å². The number of amides is 1. The summed E-state index contributed by atoms with van der Waals surface area (Å²) in [5, 5.41) is 5.06. The molecule has 0 aliphatic carbocycles. The molecule has 4 aromatic rings. The van der Waals surface area contributed by atoms with Crippen LogP contribution in [0.4, 0.5) is 0 Å². The van der Waals surface area contributed by atoms with E-state index < -0.39 is 12.6 Å². The number of carbonyl (C=O) groups excluding carboxylic acids is 2. The summed E-state index contributed by atoms with van der Waals surface area (Å²) >= 11 is 0. The SMILES string of the molecule is CC(NC(=O)COC(=O)c1ccccc1Oc1cccnc1)c1cccc2ccccc12. The van der Waals surface area contributed by atoms with E-state index in [0.717, 1.165) is 16.3 Å². The molecule has 1 atom stereocenters. The Hall–Kier alpha value is -4.19. The van der Waals surface area contributed by atoms with Gasteiger partial charge in [0.2, 0.25) is 0 Å². The normalized spacial score (nSPS) is 11.5. The lowest BCUT2D eigenvalue weighted by atomic mass is 10.00. The number of benzene rings is 3. The molecule has 1 N–H and O–H groups in total. The summed E-state index contributed by atoms with van der Waals surface area (Å²) in [6, 6.07) is 23.9. The first-order valence-electron chi connectivity index (χ1n) is 10.2. The molecule has 0 radical (unpaired) electrons. The van der Waals surface area contributed by atoms with Crippen LogP contribution in [0.2, 0.25) is 0 Å². The van der Waals surface area contributed by atoms with Crippen molar-refractivity contribution in [2.45, 2.75) is 13.0 Å². The summed E-state index contributed by atoms with van der Waals surface area (Å²) in [5.74, 6) is -0.202. The Morgan fingerprint density at radius 1 is 0.938 bits per heavy atom. The van der Waals surface area contributed by atoms with Crippen molar-refractivity contribution in [2.75, 3.05) is 6.61 Å². The first kappa shape index (κ1) is 21.1. The van der Waals surface area contributed by atoms with Crippen molar-refractivity contribution in [1.82, 2.24) is 10.3 Å². The van der Waals surface area contributed by atoms with Crippen molar-refractivity contribution in [2.24, 2.45) is 0 Å². The van der Waals surface area contributed by atoms with E-state index in [2.05, 4.69) is 10.3 Å². The van der Waals surface area contributed by atoms with Crippen LogP contribution in [-0.2, 0) is 9.53 Å². The second-order valence-corrected chi connectivity index (χ2v) is 7.22. The molecule has 0 aliphatic heterocycles. The molecule has 4 rings (SSSR count).